The molecule has 1 fully saturated rings. The van der Waals surface area contributed by atoms with Crippen LogP contribution in [0.2, 0.25) is 0 Å². The molecular formula is C18H18N6. The number of piperazine rings is 1. The first kappa shape index (κ1) is 14.6. The molecule has 1 aliphatic rings. The van der Waals surface area contributed by atoms with Crippen LogP contribution < -0.4 is 9.80 Å². The van der Waals surface area contributed by atoms with Gasteiger partial charge in [-0.15, -0.1) is 10.2 Å². The number of nitrogens with zero attached hydrogens (tertiary/aromatic N) is 6. The maximum atomic E-state index is 4.41. The van der Waals surface area contributed by atoms with Gasteiger partial charge in [0.1, 0.15) is 12.1 Å². The molecule has 0 atom stereocenters. The molecule has 0 spiro atoms. The lowest BCUT2D eigenvalue weighted by Crippen LogP contribution is -2.47. The zero-order valence-corrected chi connectivity index (χ0v) is 13.3. The third kappa shape index (κ3) is 3.03. The van der Waals surface area contributed by atoms with Crippen molar-refractivity contribution in [3.63, 3.8) is 0 Å². The molecule has 1 saturated heterocycles. The Balaban J connectivity index is 1.43. The van der Waals surface area contributed by atoms with E-state index >= 15 is 0 Å². The van der Waals surface area contributed by atoms with E-state index in [1.54, 1.807) is 12.5 Å². The van der Waals surface area contributed by atoms with E-state index in [1.807, 2.05) is 42.5 Å². The van der Waals surface area contributed by atoms with Crippen LogP contribution in [0.3, 0.4) is 0 Å². The smallest absolute Gasteiger partial charge is 0.151 e. The van der Waals surface area contributed by atoms with Crippen molar-refractivity contribution in [1.82, 2.24) is 20.2 Å². The molecule has 3 heterocycles. The van der Waals surface area contributed by atoms with Gasteiger partial charge in [0, 0.05) is 37.9 Å². The minimum absolute atomic E-state index is 0.902. The summed E-state index contributed by atoms with van der Waals surface area (Å²) in [4.78, 5) is 12.8. The van der Waals surface area contributed by atoms with E-state index in [0.29, 0.717) is 0 Å². The Hall–Kier alpha value is -3.02. The Morgan fingerprint density at radius 1 is 0.708 bits per heavy atom. The van der Waals surface area contributed by atoms with Gasteiger partial charge < -0.3 is 9.80 Å². The molecule has 3 aromatic rings. The third-order valence-electron chi connectivity index (χ3n) is 4.21. The second-order valence-corrected chi connectivity index (χ2v) is 5.68. The van der Waals surface area contributed by atoms with Crippen LogP contribution in [0.4, 0.5) is 11.6 Å². The summed E-state index contributed by atoms with van der Waals surface area (Å²) in [6.45, 7) is 3.64. The van der Waals surface area contributed by atoms with Crippen LogP contribution in [-0.2, 0) is 0 Å². The van der Waals surface area contributed by atoms with Gasteiger partial charge in [0.15, 0.2) is 5.82 Å². The van der Waals surface area contributed by atoms with Gasteiger partial charge in [-0.3, -0.25) is 0 Å². The first-order valence-corrected chi connectivity index (χ1v) is 8.05. The lowest BCUT2D eigenvalue weighted by atomic mass is 10.1. The highest BCUT2D eigenvalue weighted by Crippen LogP contribution is 2.20. The molecule has 4 rings (SSSR count). The standard InChI is InChI=1S/C18H18N6/c1-2-4-15(5-3-1)16-6-7-18(22-21-16)24-12-10-23(11-13-24)17-8-9-19-14-20-17/h1-9,14H,10-13H2. The van der Waals surface area contributed by atoms with Crippen LogP contribution in [0.15, 0.2) is 61.1 Å². The summed E-state index contributed by atoms with van der Waals surface area (Å²) in [6.07, 6.45) is 3.37. The molecule has 120 valence electrons. The summed E-state index contributed by atoms with van der Waals surface area (Å²) in [5.74, 6) is 1.91. The van der Waals surface area contributed by atoms with E-state index in [4.69, 9.17) is 0 Å². The van der Waals surface area contributed by atoms with Crippen molar-refractivity contribution < 1.29 is 0 Å². The molecule has 0 radical (unpaired) electrons. The van der Waals surface area contributed by atoms with Crippen molar-refractivity contribution in [2.45, 2.75) is 0 Å². The van der Waals surface area contributed by atoms with E-state index in [1.165, 1.54) is 0 Å². The summed E-state index contributed by atoms with van der Waals surface area (Å²) in [5, 5.41) is 8.78. The average molecular weight is 318 g/mol. The van der Waals surface area contributed by atoms with Gasteiger partial charge in [0.05, 0.1) is 5.69 Å². The van der Waals surface area contributed by atoms with Gasteiger partial charge in [0.2, 0.25) is 0 Å². The Kier molecular flexibility index (Phi) is 4.02. The van der Waals surface area contributed by atoms with E-state index in [0.717, 1.165) is 49.1 Å². The van der Waals surface area contributed by atoms with E-state index in [-0.39, 0.29) is 0 Å². The first-order valence-electron chi connectivity index (χ1n) is 8.05. The Morgan fingerprint density at radius 3 is 2.08 bits per heavy atom. The van der Waals surface area contributed by atoms with Crippen LogP contribution in [0.5, 0.6) is 0 Å². The van der Waals surface area contributed by atoms with Crippen LogP contribution in [0, 0.1) is 0 Å². The zero-order chi connectivity index (χ0) is 16.2. The van der Waals surface area contributed by atoms with Crippen molar-refractivity contribution >= 4 is 11.6 Å². The summed E-state index contributed by atoms with van der Waals surface area (Å²) >= 11 is 0. The Morgan fingerprint density at radius 2 is 1.46 bits per heavy atom. The minimum atomic E-state index is 0.902. The van der Waals surface area contributed by atoms with E-state index in [2.05, 4.69) is 36.0 Å². The predicted molar refractivity (Wildman–Crippen MR) is 93.9 cm³/mol. The van der Waals surface area contributed by atoms with Gasteiger partial charge in [-0.25, -0.2) is 9.97 Å². The van der Waals surface area contributed by atoms with Crippen LogP contribution in [0.1, 0.15) is 0 Å². The number of anilines is 2. The summed E-state index contributed by atoms with van der Waals surface area (Å²) < 4.78 is 0. The molecule has 2 aromatic heterocycles. The summed E-state index contributed by atoms with van der Waals surface area (Å²) in [6, 6.07) is 16.2. The molecule has 0 bridgehead atoms. The fourth-order valence-corrected chi connectivity index (χ4v) is 2.89. The Labute approximate surface area is 140 Å². The van der Waals surface area contributed by atoms with Crippen molar-refractivity contribution in [3.05, 3.63) is 61.1 Å². The summed E-state index contributed by atoms with van der Waals surface area (Å²) in [7, 11) is 0. The second kappa shape index (κ2) is 6.62. The third-order valence-corrected chi connectivity index (χ3v) is 4.21. The molecule has 1 aromatic carbocycles. The number of aromatic nitrogens is 4. The zero-order valence-electron chi connectivity index (χ0n) is 13.3. The molecule has 6 heteroatoms. The minimum Gasteiger partial charge on any atom is -0.353 e. The van der Waals surface area contributed by atoms with Crippen LogP contribution >= 0.6 is 0 Å². The van der Waals surface area contributed by atoms with E-state index < -0.39 is 0 Å². The average Bonchev–Trinajstić information content (AvgIpc) is 2.70. The maximum absolute atomic E-state index is 4.41. The lowest BCUT2D eigenvalue weighted by Gasteiger charge is -2.35. The summed E-state index contributed by atoms with van der Waals surface area (Å²) in [5.41, 5.74) is 1.99. The maximum Gasteiger partial charge on any atom is 0.151 e. The van der Waals surface area contributed by atoms with Gasteiger partial charge in [0.25, 0.3) is 0 Å². The monoisotopic (exact) mass is 318 g/mol. The van der Waals surface area contributed by atoms with Crippen LogP contribution in [0.25, 0.3) is 11.3 Å². The normalized spacial score (nSPS) is 14.7. The number of hydrogen-bond donors (Lipinski definition) is 0. The van der Waals surface area contributed by atoms with Crippen molar-refractivity contribution in [2.24, 2.45) is 0 Å². The van der Waals surface area contributed by atoms with Crippen LogP contribution in [-0.4, -0.2) is 46.3 Å². The SMILES string of the molecule is c1ccc(-c2ccc(N3CCN(c4ccncn4)CC3)nn2)cc1. The second-order valence-electron chi connectivity index (χ2n) is 5.68. The largest absolute Gasteiger partial charge is 0.353 e. The number of benzene rings is 1. The highest BCUT2D eigenvalue weighted by Gasteiger charge is 2.19. The van der Waals surface area contributed by atoms with E-state index in [9.17, 15) is 0 Å². The topological polar surface area (TPSA) is 58.0 Å². The number of hydrogen-bond acceptors (Lipinski definition) is 6. The van der Waals surface area contributed by atoms with Crippen molar-refractivity contribution in [2.75, 3.05) is 36.0 Å². The number of rotatable bonds is 3. The predicted octanol–water partition coefficient (Wildman–Crippen LogP) is 2.26. The van der Waals surface area contributed by atoms with Gasteiger partial charge >= 0.3 is 0 Å². The van der Waals surface area contributed by atoms with Crippen molar-refractivity contribution in [3.8, 4) is 11.3 Å². The quantitative estimate of drug-likeness (QED) is 0.738. The highest BCUT2D eigenvalue weighted by molar-refractivity contribution is 5.59. The van der Waals surface area contributed by atoms with Gasteiger partial charge in [-0.2, -0.15) is 0 Å². The molecule has 24 heavy (non-hydrogen) atoms. The molecule has 1 aliphatic heterocycles. The van der Waals surface area contributed by atoms with Gasteiger partial charge in [-0.1, -0.05) is 30.3 Å². The highest BCUT2D eigenvalue weighted by atomic mass is 15.3. The first-order chi connectivity index (χ1) is 11.9. The van der Waals surface area contributed by atoms with Crippen molar-refractivity contribution in [1.29, 1.82) is 0 Å². The molecule has 6 nitrogen and oxygen atoms in total. The Bertz CT molecular complexity index is 768. The molecular weight excluding hydrogens is 300 g/mol. The molecule has 0 unspecified atom stereocenters. The molecule has 0 aliphatic carbocycles. The van der Waals surface area contributed by atoms with Gasteiger partial charge in [-0.05, 0) is 18.2 Å². The molecule has 0 N–H and O–H groups in total. The molecule has 0 amide bonds. The fraction of sp³-hybridized carbons (Fsp3) is 0.222. The lowest BCUT2D eigenvalue weighted by molar-refractivity contribution is 0.637. The fourth-order valence-electron chi connectivity index (χ4n) is 2.89. The molecule has 0 saturated carbocycles.